The van der Waals surface area contributed by atoms with E-state index in [-0.39, 0.29) is 17.5 Å². The minimum atomic E-state index is -1.13. The summed E-state index contributed by atoms with van der Waals surface area (Å²) in [5.74, 6) is -2.52. The average molecular weight is 284 g/mol. The molecule has 2 nitrogen and oxygen atoms in total. The molecule has 1 aliphatic carbocycles. The number of hydrogen-bond donors (Lipinski definition) is 1. The van der Waals surface area contributed by atoms with E-state index in [1.165, 1.54) is 12.8 Å². The first kappa shape index (κ1) is 13.9. The maximum absolute atomic E-state index is 14.0. The Labute approximate surface area is 117 Å². The molecule has 2 atom stereocenters. The van der Waals surface area contributed by atoms with E-state index < -0.39 is 17.5 Å². The van der Waals surface area contributed by atoms with E-state index in [0.29, 0.717) is 12.1 Å². The standard InChI is InChI=1S/C15H19F3N2/c1-20-5-4-9(8-19-10-2-3-10)15(20)11-6-13(17)14(18)7-12(11)16/h6-7,9-10,15,19H,2-5,8H2,1H3. The van der Waals surface area contributed by atoms with Crippen LogP contribution in [0.25, 0.3) is 0 Å². The molecule has 2 aliphatic rings. The molecule has 1 heterocycles. The second-order valence-corrected chi connectivity index (χ2v) is 5.94. The van der Waals surface area contributed by atoms with Gasteiger partial charge in [0.25, 0.3) is 0 Å². The van der Waals surface area contributed by atoms with Gasteiger partial charge in [-0.25, -0.2) is 13.2 Å². The lowest BCUT2D eigenvalue weighted by molar-refractivity contribution is 0.263. The van der Waals surface area contributed by atoms with E-state index in [9.17, 15) is 13.2 Å². The molecule has 2 fully saturated rings. The molecule has 1 saturated heterocycles. The van der Waals surface area contributed by atoms with Gasteiger partial charge >= 0.3 is 0 Å². The fourth-order valence-corrected chi connectivity index (χ4v) is 3.10. The maximum Gasteiger partial charge on any atom is 0.161 e. The lowest BCUT2D eigenvalue weighted by Crippen LogP contribution is -2.30. The van der Waals surface area contributed by atoms with Crippen LogP contribution in [0.2, 0.25) is 0 Å². The molecule has 0 radical (unpaired) electrons. The van der Waals surface area contributed by atoms with Gasteiger partial charge in [0.1, 0.15) is 5.82 Å². The second-order valence-electron chi connectivity index (χ2n) is 5.94. The van der Waals surface area contributed by atoms with Gasteiger partial charge in [0.15, 0.2) is 11.6 Å². The lowest BCUT2D eigenvalue weighted by Gasteiger charge is -2.26. The Hall–Kier alpha value is -1.07. The number of likely N-dealkylation sites (tertiary alicyclic amines) is 1. The number of rotatable bonds is 4. The van der Waals surface area contributed by atoms with Crippen molar-refractivity contribution in [1.82, 2.24) is 10.2 Å². The van der Waals surface area contributed by atoms with E-state index in [4.69, 9.17) is 0 Å². The van der Waals surface area contributed by atoms with Gasteiger partial charge in [-0.15, -0.1) is 0 Å². The van der Waals surface area contributed by atoms with Crippen LogP contribution >= 0.6 is 0 Å². The third-order valence-corrected chi connectivity index (χ3v) is 4.38. The normalized spacial score (nSPS) is 27.2. The molecule has 0 amide bonds. The Balaban J connectivity index is 1.82. The monoisotopic (exact) mass is 284 g/mol. The third-order valence-electron chi connectivity index (χ3n) is 4.38. The highest BCUT2D eigenvalue weighted by molar-refractivity contribution is 5.25. The maximum atomic E-state index is 14.0. The summed E-state index contributed by atoms with van der Waals surface area (Å²) in [6.45, 7) is 1.65. The van der Waals surface area contributed by atoms with Gasteiger partial charge in [-0.05, 0) is 44.8 Å². The summed E-state index contributed by atoms with van der Waals surface area (Å²) < 4.78 is 40.5. The third kappa shape index (κ3) is 2.69. The van der Waals surface area contributed by atoms with E-state index in [0.717, 1.165) is 25.6 Å². The van der Waals surface area contributed by atoms with Gasteiger partial charge in [0, 0.05) is 30.3 Å². The Morgan fingerprint density at radius 2 is 1.80 bits per heavy atom. The summed E-state index contributed by atoms with van der Waals surface area (Å²) in [6.07, 6.45) is 3.35. The predicted molar refractivity (Wildman–Crippen MR) is 70.8 cm³/mol. The van der Waals surface area contributed by atoms with Crippen molar-refractivity contribution in [2.24, 2.45) is 5.92 Å². The van der Waals surface area contributed by atoms with Crippen molar-refractivity contribution in [3.8, 4) is 0 Å². The molecule has 20 heavy (non-hydrogen) atoms. The van der Waals surface area contributed by atoms with E-state index >= 15 is 0 Å². The highest BCUT2D eigenvalue weighted by atomic mass is 19.2. The van der Waals surface area contributed by atoms with Crippen molar-refractivity contribution in [2.75, 3.05) is 20.1 Å². The van der Waals surface area contributed by atoms with Crippen molar-refractivity contribution >= 4 is 0 Å². The van der Waals surface area contributed by atoms with Gasteiger partial charge in [-0.1, -0.05) is 0 Å². The van der Waals surface area contributed by atoms with Gasteiger partial charge in [0.05, 0.1) is 0 Å². The van der Waals surface area contributed by atoms with Gasteiger partial charge in [-0.3, -0.25) is 4.90 Å². The van der Waals surface area contributed by atoms with Crippen LogP contribution in [-0.4, -0.2) is 31.1 Å². The molecular weight excluding hydrogens is 265 g/mol. The van der Waals surface area contributed by atoms with Crippen molar-refractivity contribution in [3.05, 3.63) is 35.1 Å². The summed E-state index contributed by atoms with van der Waals surface area (Å²) in [4.78, 5) is 2.02. The fraction of sp³-hybridized carbons (Fsp3) is 0.600. The molecule has 1 N–H and O–H groups in total. The topological polar surface area (TPSA) is 15.3 Å². The fourth-order valence-electron chi connectivity index (χ4n) is 3.10. The van der Waals surface area contributed by atoms with Crippen molar-refractivity contribution in [3.63, 3.8) is 0 Å². The zero-order chi connectivity index (χ0) is 14.3. The number of halogens is 3. The quantitative estimate of drug-likeness (QED) is 0.855. The summed E-state index contributed by atoms with van der Waals surface area (Å²) >= 11 is 0. The van der Waals surface area contributed by atoms with Crippen LogP contribution in [-0.2, 0) is 0 Å². The summed E-state index contributed by atoms with van der Waals surface area (Å²) in [7, 11) is 1.91. The van der Waals surface area contributed by atoms with Crippen LogP contribution in [0.3, 0.4) is 0 Å². The molecule has 5 heteroatoms. The number of nitrogens with zero attached hydrogens (tertiary/aromatic N) is 1. The molecule has 0 spiro atoms. The Morgan fingerprint density at radius 1 is 1.10 bits per heavy atom. The van der Waals surface area contributed by atoms with Crippen LogP contribution in [0, 0.1) is 23.4 Å². The van der Waals surface area contributed by atoms with E-state index in [1.54, 1.807) is 0 Å². The molecule has 1 aromatic rings. The molecular formula is C15H19F3N2. The predicted octanol–water partition coefficient (Wildman–Crippen LogP) is 2.85. The van der Waals surface area contributed by atoms with Crippen molar-refractivity contribution < 1.29 is 13.2 Å². The number of nitrogens with one attached hydrogen (secondary N) is 1. The van der Waals surface area contributed by atoms with Crippen LogP contribution in [0.4, 0.5) is 13.2 Å². The van der Waals surface area contributed by atoms with Gasteiger partial charge in [0.2, 0.25) is 0 Å². The first-order chi connectivity index (χ1) is 9.56. The van der Waals surface area contributed by atoms with Crippen LogP contribution in [0.5, 0.6) is 0 Å². The summed E-state index contributed by atoms with van der Waals surface area (Å²) in [6, 6.07) is 2.08. The van der Waals surface area contributed by atoms with Crippen molar-refractivity contribution in [2.45, 2.75) is 31.3 Å². The second kappa shape index (κ2) is 5.37. The summed E-state index contributed by atoms with van der Waals surface area (Å²) in [5, 5.41) is 3.45. The zero-order valence-corrected chi connectivity index (χ0v) is 11.5. The molecule has 2 unspecified atom stereocenters. The van der Waals surface area contributed by atoms with Crippen LogP contribution in [0.15, 0.2) is 12.1 Å². The largest absolute Gasteiger partial charge is 0.314 e. The molecule has 1 aromatic carbocycles. The Morgan fingerprint density at radius 3 is 2.50 bits per heavy atom. The smallest absolute Gasteiger partial charge is 0.161 e. The lowest BCUT2D eigenvalue weighted by atomic mass is 9.93. The molecule has 110 valence electrons. The van der Waals surface area contributed by atoms with Gasteiger partial charge in [-0.2, -0.15) is 0 Å². The molecule has 1 aliphatic heterocycles. The Kier molecular flexibility index (Phi) is 3.73. The minimum Gasteiger partial charge on any atom is -0.314 e. The minimum absolute atomic E-state index is 0.184. The molecule has 0 bridgehead atoms. The highest BCUT2D eigenvalue weighted by Gasteiger charge is 2.36. The molecule has 1 saturated carbocycles. The number of benzene rings is 1. The first-order valence-electron chi connectivity index (χ1n) is 7.14. The van der Waals surface area contributed by atoms with Crippen LogP contribution < -0.4 is 5.32 Å². The van der Waals surface area contributed by atoms with Crippen molar-refractivity contribution in [1.29, 1.82) is 0 Å². The molecule has 3 rings (SSSR count). The van der Waals surface area contributed by atoms with E-state index in [2.05, 4.69) is 5.32 Å². The van der Waals surface area contributed by atoms with Gasteiger partial charge < -0.3 is 5.32 Å². The molecule has 0 aromatic heterocycles. The average Bonchev–Trinajstić information content (AvgIpc) is 3.16. The highest BCUT2D eigenvalue weighted by Crippen LogP contribution is 2.38. The number of hydrogen-bond acceptors (Lipinski definition) is 2. The van der Waals surface area contributed by atoms with Crippen LogP contribution in [0.1, 0.15) is 30.9 Å². The first-order valence-corrected chi connectivity index (χ1v) is 7.14. The summed E-state index contributed by atoms with van der Waals surface area (Å²) in [5.41, 5.74) is 0.270. The zero-order valence-electron chi connectivity index (χ0n) is 11.5. The van der Waals surface area contributed by atoms with E-state index in [1.807, 2.05) is 11.9 Å². The Bertz CT molecular complexity index is 502. The SMILES string of the molecule is CN1CCC(CNC2CC2)C1c1cc(F)c(F)cc1F.